The lowest BCUT2D eigenvalue weighted by Gasteiger charge is -2.00. The number of benzene rings is 1. The Morgan fingerprint density at radius 3 is 3.00 bits per heavy atom. The van der Waals surface area contributed by atoms with Gasteiger partial charge in [0.2, 0.25) is 5.91 Å². The summed E-state index contributed by atoms with van der Waals surface area (Å²) >= 11 is 5.93. The van der Waals surface area contributed by atoms with Crippen LogP contribution in [0.5, 0.6) is 5.75 Å². The summed E-state index contributed by atoms with van der Waals surface area (Å²) in [5.74, 6) is 0.148. The van der Waals surface area contributed by atoms with E-state index in [9.17, 15) is 9.90 Å². The van der Waals surface area contributed by atoms with Crippen molar-refractivity contribution in [2.24, 2.45) is 0 Å². The zero-order valence-electron chi connectivity index (χ0n) is 9.03. The smallest absolute Gasteiger partial charge is 0.216 e. The Kier molecular flexibility index (Phi) is 4.86. The number of halogens is 1. The summed E-state index contributed by atoms with van der Waals surface area (Å²) in [6.45, 7) is 2.08. The number of rotatable bonds is 4. The van der Waals surface area contributed by atoms with Crippen molar-refractivity contribution in [2.45, 2.75) is 13.3 Å². The lowest BCUT2D eigenvalue weighted by atomic mass is 10.2. The fourth-order valence-corrected chi connectivity index (χ4v) is 1.38. The summed E-state index contributed by atoms with van der Waals surface area (Å²) < 4.78 is 0. The number of phenols is 1. The highest BCUT2D eigenvalue weighted by molar-refractivity contribution is 6.32. The molecule has 0 heterocycles. The second kappa shape index (κ2) is 6.18. The predicted molar refractivity (Wildman–Crippen MR) is 65.5 cm³/mol. The van der Waals surface area contributed by atoms with Crippen molar-refractivity contribution in [3.8, 4) is 5.75 Å². The Labute approximate surface area is 99.7 Å². The van der Waals surface area contributed by atoms with Crippen LogP contribution in [0.1, 0.15) is 18.9 Å². The fraction of sp³-hybridized carbons (Fsp3) is 0.250. The van der Waals surface area contributed by atoms with Gasteiger partial charge in [-0.25, -0.2) is 0 Å². The van der Waals surface area contributed by atoms with Crippen molar-refractivity contribution in [3.05, 3.63) is 34.9 Å². The molecular weight excluding hydrogens is 226 g/mol. The molecule has 0 fully saturated rings. The summed E-state index contributed by atoms with van der Waals surface area (Å²) in [6, 6.07) is 4.78. The van der Waals surface area contributed by atoms with Crippen LogP contribution in [0.2, 0.25) is 5.02 Å². The van der Waals surface area contributed by atoms with Crippen LogP contribution in [0.15, 0.2) is 24.3 Å². The minimum Gasteiger partial charge on any atom is -0.508 e. The van der Waals surface area contributed by atoms with Gasteiger partial charge in [0, 0.05) is 18.5 Å². The molecule has 0 unspecified atom stereocenters. The molecule has 1 amide bonds. The van der Waals surface area contributed by atoms with Crippen LogP contribution in [0.3, 0.4) is 0 Å². The largest absolute Gasteiger partial charge is 0.508 e. The van der Waals surface area contributed by atoms with E-state index in [1.807, 2.05) is 12.2 Å². The molecule has 0 aliphatic heterocycles. The minimum absolute atomic E-state index is 0.0382. The molecule has 0 radical (unpaired) electrons. The first kappa shape index (κ1) is 12.6. The number of nitrogens with one attached hydrogen (secondary N) is 1. The monoisotopic (exact) mass is 239 g/mol. The van der Waals surface area contributed by atoms with Crippen molar-refractivity contribution in [2.75, 3.05) is 6.54 Å². The molecule has 16 heavy (non-hydrogen) atoms. The van der Waals surface area contributed by atoms with Crippen LogP contribution < -0.4 is 5.32 Å². The fourth-order valence-electron chi connectivity index (χ4n) is 1.20. The van der Waals surface area contributed by atoms with Gasteiger partial charge in [0.05, 0.1) is 0 Å². The second-order valence-electron chi connectivity index (χ2n) is 3.38. The van der Waals surface area contributed by atoms with Crippen molar-refractivity contribution in [1.29, 1.82) is 0 Å². The molecule has 4 heteroatoms. The number of hydrogen-bond donors (Lipinski definition) is 2. The molecule has 0 saturated carbocycles. The summed E-state index contributed by atoms with van der Waals surface area (Å²) in [4.78, 5) is 10.6. The van der Waals surface area contributed by atoms with Crippen LogP contribution in [0, 0.1) is 0 Å². The molecule has 0 atom stereocenters. The molecule has 1 aromatic carbocycles. The summed E-state index contributed by atoms with van der Waals surface area (Å²) in [7, 11) is 0. The van der Waals surface area contributed by atoms with Gasteiger partial charge in [-0.1, -0.05) is 23.8 Å². The lowest BCUT2D eigenvalue weighted by molar-refractivity contribution is -0.118. The number of phenolic OH excluding ortho intramolecular Hbond substituents is 1. The van der Waals surface area contributed by atoms with E-state index in [1.54, 1.807) is 12.1 Å². The average molecular weight is 240 g/mol. The molecule has 3 nitrogen and oxygen atoms in total. The van der Waals surface area contributed by atoms with Gasteiger partial charge in [-0.3, -0.25) is 4.79 Å². The molecular formula is C12H14ClNO2. The van der Waals surface area contributed by atoms with E-state index < -0.39 is 0 Å². The van der Waals surface area contributed by atoms with Crippen LogP contribution in [-0.2, 0) is 4.79 Å². The quantitative estimate of drug-likeness (QED) is 0.794. The molecule has 0 aliphatic carbocycles. The number of aromatic hydroxyl groups is 1. The number of hydrogen-bond acceptors (Lipinski definition) is 2. The molecule has 2 N–H and O–H groups in total. The molecule has 0 aromatic heterocycles. The van der Waals surface area contributed by atoms with E-state index in [1.165, 1.54) is 13.0 Å². The zero-order valence-corrected chi connectivity index (χ0v) is 9.79. The van der Waals surface area contributed by atoms with Gasteiger partial charge < -0.3 is 10.4 Å². The Balaban J connectivity index is 2.49. The zero-order chi connectivity index (χ0) is 12.0. The van der Waals surface area contributed by atoms with Crippen molar-refractivity contribution in [1.82, 2.24) is 5.32 Å². The Hall–Kier alpha value is -1.48. The normalized spacial score (nSPS) is 10.6. The number of carbonyl (C=O) groups excluding carboxylic acids is 1. The lowest BCUT2D eigenvalue weighted by Crippen LogP contribution is -2.20. The van der Waals surface area contributed by atoms with E-state index in [-0.39, 0.29) is 11.7 Å². The summed E-state index contributed by atoms with van der Waals surface area (Å²) in [6.07, 6.45) is 4.45. The molecule has 0 aliphatic rings. The summed E-state index contributed by atoms with van der Waals surface area (Å²) in [5.41, 5.74) is 0.768. The molecule has 0 bridgehead atoms. The van der Waals surface area contributed by atoms with E-state index in [2.05, 4.69) is 5.32 Å². The topological polar surface area (TPSA) is 49.3 Å². The summed E-state index contributed by atoms with van der Waals surface area (Å²) in [5, 5.41) is 12.5. The molecule has 1 aromatic rings. The van der Waals surface area contributed by atoms with E-state index in [0.717, 1.165) is 12.0 Å². The third-order valence-electron chi connectivity index (χ3n) is 1.96. The number of carbonyl (C=O) groups is 1. The highest BCUT2D eigenvalue weighted by Crippen LogP contribution is 2.22. The van der Waals surface area contributed by atoms with Crippen molar-refractivity contribution >= 4 is 23.6 Å². The maximum absolute atomic E-state index is 10.6. The van der Waals surface area contributed by atoms with Gasteiger partial charge in [-0.05, 0) is 30.2 Å². The molecule has 1 rings (SSSR count). The van der Waals surface area contributed by atoms with Crippen LogP contribution in [-0.4, -0.2) is 17.6 Å². The van der Waals surface area contributed by atoms with Gasteiger partial charge >= 0.3 is 0 Å². The SMILES string of the molecule is CC(=O)NCCC=Cc1cc(O)ccc1Cl. The van der Waals surface area contributed by atoms with E-state index in [0.29, 0.717) is 11.6 Å². The van der Waals surface area contributed by atoms with Gasteiger partial charge in [-0.15, -0.1) is 0 Å². The Morgan fingerprint density at radius 1 is 1.56 bits per heavy atom. The number of amides is 1. The Morgan fingerprint density at radius 2 is 2.31 bits per heavy atom. The van der Waals surface area contributed by atoms with Gasteiger partial charge in [0.1, 0.15) is 5.75 Å². The maximum Gasteiger partial charge on any atom is 0.216 e. The van der Waals surface area contributed by atoms with Crippen molar-refractivity contribution in [3.63, 3.8) is 0 Å². The highest BCUT2D eigenvalue weighted by Gasteiger charge is 1.97. The average Bonchev–Trinajstić information content (AvgIpc) is 2.22. The standard InChI is InChI=1S/C12H14ClNO2/c1-9(15)14-7-3-2-4-10-8-11(16)5-6-12(10)13/h2,4-6,8,16H,3,7H2,1H3,(H,14,15). The molecule has 0 spiro atoms. The maximum atomic E-state index is 10.6. The first-order valence-corrected chi connectivity index (χ1v) is 5.37. The van der Waals surface area contributed by atoms with Crippen LogP contribution >= 0.6 is 11.6 Å². The molecule has 86 valence electrons. The van der Waals surface area contributed by atoms with Crippen LogP contribution in [0.25, 0.3) is 6.08 Å². The highest BCUT2D eigenvalue weighted by atomic mass is 35.5. The van der Waals surface area contributed by atoms with Gasteiger partial charge in [0.15, 0.2) is 0 Å². The predicted octanol–water partition coefficient (Wildman–Crippen LogP) is 2.59. The Bertz CT molecular complexity index is 402. The van der Waals surface area contributed by atoms with Crippen LogP contribution in [0.4, 0.5) is 0 Å². The van der Waals surface area contributed by atoms with E-state index in [4.69, 9.17) is 11.6 Å². The second-order valence-corrected chi connectivity index (χ2v) is 3.79. The minimum atomic E-state index is -0.0382. The van der Waals surface area contributed by atoms with Gasteiger partial charge in [-0.2, -0.15) is 0 Å². The first-order chi connectivity index (χ1) is 7.59. The van der Waals surface area contributed by atoms with E-state index >= 15 is 0 Å². The third kappa shape index (κ3) is 4.36. The first-order valence-electron chi connectivity index (χ1n) is 4.99. The third-order valence-corrected chi connectivity index (χ3v) is 2.31. The van der Waals surface area contributed by atoms with Gasteiger partial charge in [0.25, 0.3) is 0 Å². The molecule has 0 saturated heterocycles. The van der Waals surface area contributed by atoms with Crippen molar-refractivity contribution < 1.29 is 9.90 Å².